The molecular formula is C16H30N2O. The number of hydrogen-bond donors (Lipinski definition) is 1. The van der Waals surface area contributed by atoms with Crippen LogP contribution in [0, 0.1) is 11.8 Å². The minimum atomic E-state index is -0.0177. The summed E-state index contributed by atoms with van der Waals surface area (Å²) < 4.78 is 0. The van der Waals surface area contributed by atoms with E-state index in [9.17, 15) is 4.79 Å². The summed E-state index contributed by atoms with van der Waals surface area (Å²) in [5.74, 6) is 1.78. The summed E-state index contributed by atoms with van der Waals surface area (Å²) in [5, 5.41) is 3.60. The molecule has 4 atom stereocenters. The summed E-state index contributed by atoms with van der Waals surface area (Å²) >= 11 is 0. The third kappa shape index (κ3) is 3.71. The van der Waals surface area contributed by atoms with Crippen LogP contribution in [0.1, 0.15) is 59.3 Å². The van der Waals surface area contributed by atoms with E-state index in [0.29, 0.717) is 17.9 Å². The molecule has 1 heterocycles. The molecule has 4 unspecified atom stereocenters. The van der Waals surface area contributed by atoms with E-state index in [4.69, 9.17) is 0 Å². The molecule has 19 heavy (non-hydrogen) atoms. The molecule has 1 N–H and O–H groups in total. The van der Waals surface area contributed by atoms with Gasteiger partial charge in [0.05, 0.1) is 6.04 Å². The number of nitrogens with zero attached hydrogens (tertiary/aromatic N) is 1. The van der Waals surface area contributed by atoms with E-state index < -0.39 is 0 Å². The minimum Gasteiger partial charge on any atom is -0.341 e. The van der Waals surface area contributed by atoms with Gasteiger partial charge in [-0.3, -0.25) is 4.79 Å². The second-order valence-corrected chi connectivity index (χ2v) is 6.65. The maximum Gasteiger partial charge on any atom is 0.239 e. The molecule has 3 nitrogen and oxygen atoms in total. The predicted octanol–water partition coefficient (Wildman–Crippen LogP) is 2.80. The number of hydrogen-bond acceptors (Lipinski definition) is 2. The molecule has 0 bridgehead atoms. The van der Waals surface area contributed by atoms with Crippen LogP contribution in [-0.2, 0) is 4.79 Å². The van der Waals surface area contributed by atoms with Gasteiger partial charge in [0, 0.05) is 19.1 Å². The van der Waals surface area contributed by atoms with Crippen molar-refractivity contribution < 1.29 is 4.79 Å². The summed E-state index contributed by atoms with van der Waals surface area (Å²) in [4.78, 5) is 14.5. The highest BCUT2D eigenvalue weighted by Gasteiger charge is 2.30. The van der Waals surface area contributed by atoms with E-state index in [2.05, 4.69) is 24.1 Å². The largest absolute Gasteiger partial charge is 0.341 e. The molecule has 0 aromatic heterocycles. The molecule has 1 saturated heterocycles. The van der Waals surface area contributed by atoms with E-state index in [1.165, 1.54) is 38.5 Å². The van der Waals surface area contributed by atoms with Crippen molar-refractivity contribution in [2.45, 2.75) is 71.4 Å². The Hall–Kier alpha value is -0.570. The fourth-order valence-corrected chi connectivity index (χ4v) is 3.60. The van der Waals surface area contributed by atoms with Crippen molar-refractivity contribution in [3.63, 3.8) is 0 Å². The van der Waals surface area contributed by atoms with Gasteiger partial charge in [0.2, 0.25) is 5.91 Å². The molecule has 3 heteroatoms. The minimum absolute atomic E-state index is 0.0177. The van der Waals surface area contributed by atoms with E-state index in [1.807, 2.05) is 6.92 Å². The van der Waals surface area contributed by atoms with Gasteiger partial charge in [0.25, 0.3) is 0 Å². The van der Waals surface area contributed by atoms with Crippen molar-refractivity contribution in [3.8, 4) is 0 Å². The summed E-state index contributed by atoms with van der Waals surface area (Å²) in [6.07, 6.45) is 7.50. The first-order valence-corrected chi connectivity index (χ1v) is 8.14. The Balaban J connectivity index is 1.85. The molecule has 1 saturated carbocycles. The fourth-order valence-electron chi connectivity index (χ4n) is 3.60. The zero-order chi connectivity index (χ0) is 13.8. The molecule has 110 valence electrons. The van der Waals surface area contributed by atoms with Crippen molar-refractivity contribution in [3.05, 3.63) is 0 Å². The van der Waals surface area contributed by atoms with Gasteiger partial charge in [-0.2, -0.15) is 0 Å². The van der Waals surface area contributed by atoms with Gasteiger partial charge in [-0.25, -0.2) is 0 Å². The molecule has 1 aliphatic carbocycles. The van der Waals surface area contributed by atoms with Crippen molar-refractivity contribution in [1.82, 2.24) is 10.2 Å². The number of rotatable bonds is 3. The van der Waals surface area contributed by atoms with Gasteiger partial charge < -0.3 is 10.2 Å². The van der Waals surface area contributed by atoms with Crippen molar-refractivity contribution in [2.24, 2.45) is 11.8 Å². The fraction of sp³-hybridized carbons (Fsp3) is 0.938. The Bertz CT molecular complexity index is 299. The second kappa shape index (κ2) is 6.74. The molecule has 0 radical (unpaired) electrons. The van der Waals surface area contributed by atoms with Crippen LogP contribution in [0.25, 0.3) is 0 Å². The molecule has 0 spiro atoms. The number of likely N-dealkylation sites (tertiary alicyclic amines) is 1. The van der Waals surface area contributed by atoms with E-state index >= 15 is 0 Å². The Morgan fingerprint density at radius 1 is 1.11 bits per heavy atom. The summed E-state index contributed by atoms with van der Waals surface area (Å²) in [6, 6.07) is 0.503. The Morgan fingerprint density at radius 2 is 1.79 bits per heavy atom. The van der Waals surface area contributed by atoms with Crippen LogP contribution in [0.15, 0.2) is 0 Å². The highest BCUT2D eigenvalue weighted by atomic mass is 16.2. The maximum atomic E-state index is 12.4. The number of nitrogens with one attached hydrogen (secondary N) is 1. The second-order valence-electron chi connectivity index (χ2n) is 6.65. The van der Waals surface area contributed by atoms with Crippen molar-refractivity contribution >= 4 is 5.91 Å². The van der Waals surface area contributed by atoms with Gasteiger partial charge >= 0.3 is 0 Å². The normalized spacial score (nSPS) is 34.1. The molecule has 0 aromatic carbocycles. The van der Waals surface area contributed by atoms with Gasteiger partial charge in [0.15, 0.2) is 0 Å². The molecule has 2 aliphatic rings. The van der Waals surface area contributed by atoms with Crippen LogP contribution in [0.3, 0.4) is 0 Å². The van der Waals surface area contributed by atoms with Gasteiger partial charge in [0.1, 0.15) is 0 Å². The lowest BCUT2D eigenvalue weighted by Gasteiger charge is -2.37. The summed E-state index contributed by atoms with van der Waals surface area (Å²) in [6.45, 7) is 8.64. The lowest BCUT2D eigenvalue weighted by Crippen LogP contribution is -2.52. The number of carbonyl (C=O) groups excluding carboxylic acids is 1. The smallest absolute Gasteiger partial charge is 0.239 e. The monoisotopic (exact) mass is 266 g/mol. The summed E-state index contributed by atoms with van der Waals surface area (Å²) in [5.41, 5.74) is 0. The third-order valence-corrected chi connectivity index (χ3v) is 5.21. The maximum absolute atomic E-state index is 12.4. The van der Waals surface area contributed by atoms with E-state index in [-0.39, 0.29) is 6.04 Å². The zero-order valence-corrected chi connectivity index (χ0v) is 12.8. The average molecular weight is 266 g/mol. The zero-order valence-electron chi connectivity index (χ0n) is 12.8. The topological polar surface area (TPSA) is 32.3 Å². The molecule has 1 aliphatic heterocycles. The molecule has 2 rings (SSSR count). The summed E-state index contributed by atoms with van der Waals surface area (Å²) in [7, 11) is 0. The predicted molar refractivity (Wildman–Crippen MR) is 79.0 cm³/mol. The first-order valence-electron chi connectivity index (χ1n) is 8.14. The van der Waals surface area contributed by atoms with Gasteiger partial charge in [-0.05, 0) is 44.4 Å². The average Bonchev–Trinajstić information content (AvgIpc) is 2.44. The van der Waals surface area contributed by atoms with Crippen LogP contribution in [-0.4, -0.2) is 36.0 Å². The van der Waals surface area contributed by atoms with Crippen LogP contribution in [0.4, 0.5) is 0 Å². The quantitative estimate of drug-likeness (QED) is 0.852. The number of piperidine rings is 1. The molecule has 2 fully saturated rings. The Morgan fingerprint density at radius 3 is 2.47 bits per heavy atom. The number of amides is 1. The first kappa shape index (κ1) is 14.8. The molecule has 0 aromatic rings. The molecule has 1 amide bonds. The third-order valence-electron chi connectivity index (χ3n) is 5.21. The van der Waals surface area contributed by atoms with Gasteiger partial charge in [-0.15, -0.1) is 0 Å². The highest BCUT2D eigenvalue weighted by molar-refractivity contribution is 5.81. The van der Waals surface area contributed by atoms with Crippen molar-refractivity contribution in [1.29, 1.82) is 0 Å². The Kier molecular flexibility index (Phi) is 5.26. The van der Waals surface area contributed by atoms with Crippen LogP contribution in [0.2, 0.25) is 0 Å². The van der Waals surface area contributed by atoms with E-state index in [0.717, 1.165) is 19.0 Å². The first-order chi connectivity index (χ1) is 9.09. The van der Waals surface area contributed by atoms with Crippen LogP contribution in [0.5, 0.6) is 0 Å². The van der Waals surface area contributed by atoms with Crippen molar-refractivity contribution in [2.75, 3.05) is 13.1 Å². The highest BCUT2D eigenvalue weighted by Crippen LogP contribution is 2.29. The standard InChI is InChI=1S/C16H30N2O/c1-12-8-7-9-15(13(12)2)17-14(3)16(19)18-10-5-4-6-11-18/h12-15,17H,4-11H2,1-3H3. The molecular weight excluding hydrogens is 236 g/mol. The lowest BCUT2D eigenvalue weighted by atomic mass is 9.78. The Labute approximate surface area is 118 Å². The number of carbonyl (C=O) groups is 1. The van der Waals surface area contributed by atoms with Gasteiger partial charge in [-0.1, -0.05) is 26.7 Å². The lowest BCUT2D eigenvalue weighted by molar-refractivity contribution is -0.134. The van der Waals surface area contributed by atoms with Crippen LogP contribution < -0.4 is 5.32 Å². The van der Waals surface area contributed by atoms with E-state index in [1.54, 1.807) is 0 Å². The SMILES string of the molecule is CC(NC1CCCC(C)C1C)C(=O)N1CCCCC1. The van der Waals surface area contributed by atoms with Crippen LogP contribution >= 0.6 is 0 Å².